The standard InChI is InChI=1S/C21H29N6O4/c1-14(2)12-27-16(22-18-17(27)20(29)24(4)21(30)23(18)3)13-25-7-9-26(10-8-25)19(28)15-6-5-11-31-15/h5-6,11,14,17H,7-10,12-13H2,1-4H3/q+1. The Bertz CT molecular complexity index is 943. The van der Waals surface area contributed by atoms with Crippen LogP contribution in [0.1, 0.15) is 24.4 Å². The number of imide groups is 1. The zero-order valence-electron chi connectivity index (χ0n) is 18.4. The predicted molar refractivity (Wildman–Crippen MR) is 113 cm³/mol. The smallest absolute Gasteiger partial charge is 0.333 e. The summed E-state index contributed by atoms with van der Waals surface area (Å²) in [5, 5.41) is 0. The molecule has 0 bridgehead atoms. The molecule has 2 fully saturated rings. The molecular weight excluding hydrogens is 400 g/mol. The zero-order valence-corrected chi connectivity index (χ0v) is 18.4. The second-order valence-electron chi connectivity index (χ2n) is 8.62. The number of urea groups is 1. The van der Waals surface area contributed by atoms with E-state index in [9.17, 15) is 14.4 Å². The number of amidine groups is 2. The first-order valence-corrected chi connectivity index (χ1v) is 10.6. The number of fused-ring (bicyclic) bond motifs is 1. The van der Waals surface area contributed by atoms with Gasteiger partial charge in [-0.1, -0.05) is 13.8 Å². The maximum absolute atomic E-state index is 12.9. The maximum atomic E-state index is 12.9. The lowest BCUT2D eigenvalue weighted by Gasteiger charge is -2.33. The molecule has 1 atom stereocenters. The van der Waals surface area contributed by atoms with Gasteiger partial charge in [0.2, 0.25) is 0 Å². The van der Waals surface area contributed by atoms with Crippen LogP contribution < -0.4 is 0 Å². The number of hydrogen-bond acceptors (Lipinski definition) is 6. The average molecular weight is 430 g/mol. The number of piperazine rings is 1. The number of nitrogens with zero attached hydrogens (tertiary/aromatic N) is 6. The van der Waals surface area contributed by atoms with Crippen LogP contribution in [0.2, 0.25) is 0 Å². The van der Waals surface area contributed by atoms with Crippen molar-refractivity contribution in [3.05, 3.63) is 24.2 Å². The minimum Gasteiger partial charge on any atom is -0.459 e. The highest BCUT2D eigenvalue weighted by Gasteiger charge is 2.53. The highest BCUT2D eigenvalue weighted by atomic mass is 16.3. The first-order valence-electron chi connectivity index (χ1n) is 10.6. The summed E-state index contributed by atoms with van der Waals surface area (Å²) < 4.78 is 7.25. The molecule has 10 heteroatoms. The van der Waals surface area contributed by atoms with Crippen LogP contribution in [-0.4, -0.2) is 113 Å². The van der Waals surface area contributed by atoms with Crippen molar-refractivity contribution in [1.82, 2.24) is 19.6 Å². The van der Waals surface area contributed by atoms with E-state index in [1.54, 1.807) is 24.1 Å². The normalized spacial score (nSPS) is 22.5. The van der Waals surface area contributed by atoms with Crippen LogP contribution in [0.3, 0.4) is 0 Å². The molecule has 3 aliphatic rings. The van der Waals surface area contributed by atoms with Crippen LogP contribution in [-0.2, 0) is 4.79 Å². The Morgan fingerprint density at radius 3 is 2.52 bits per heavy atom. The van der Waals surface area contributed by atoms with Gasteiger partial charge in [0.05, 0.1) is 12.8 Å². The lowest BCUT2D eigenvalue weighted by molar-refractivity contribution is -0.542. The van der Waals surface area contributed by atoms with Crippen molar-refractivity contribution < 1.29 is 23.4 Å². The molecule has 1 aromatic heterocycles. The van der Waals surface area contributed by atoms with Gasteiger partial charge in [-0.25, -0.2) is 9.37 Å². The van der Waals surface area contributed by atoms with Gasteiger partial charge in [0.15, 0.2) is 5.76 Å². The Morgan fingerprint density at radius 1 is 1.19 bits per heavy atom. The summed E-state index contributed by atoms with van der Waals surface area (Å²) in [4.78, 5) is 49.1. The van der Waals surface area contributed by atoms with E-state index in [-0.39, 0.29) is 17.8 Å². The monoisotopic (exact) mass is 429 g/mol. The minimum absolute atomic E-state index is 0.0976. The zero-order chi connectivity index (χ0) is 22.3. The third-order valence-electron chi connectivity index (χ3n) is 5.93. The summed E-state index contributed by atoms with van der Waals surface area (Å²) in [5.41, 5.74) is 0. The molecule has 0 aromatic carbocycles. The molecule has 2 saturated heterocycles. The van der Waals surface area contributed by atoms with E-state index in [0.29, 0.717) is 56.8 Å². The predicted octanol–water partition coefficient (Wildman–Crippen LogP) is 0.409. The number of furan rings is 1. The summed E-state index contributed by atoms with van der Waals surface area (Å²) in [6.07, 6.45) is 1.50. The third kappa shape index (κ3) is 3.87. The van der Waals surface area contributed by atoms with Crippen LogP contribution in [0.5, 0.6) is 0 Å². The Balaban J connectivity index is 1.49. The SMILES string of the molecule is CC(C)C[N+]1=C(CN2CCN(C(=O)c3ccco3)CC2)N=C2C1C(=O)N(C)C(=O)N2C. The van der Waals surface area contributed by atoms with Crippen molar-refractivity contribution in [2.75, 3.05) is 53.4 Å². The number of carbonyl (C=O) groups is 3. The van der Waals surface area contributed by atoms with E-state index in [4.69, 9.17) is 9.41 Å². The van der Waals surface area contributed by atoms with Crippen molar-refractivity contribution in [1.29, 1.82) is 0 Å². The van der Waals surface area contributed by atoms with E-state index in [2.05, 4.69) is 18.7 Å². The minimum atomic E-state index is -0.563. The molecule has 0 spiro atoms. The maximum Gasteiger partial charge on any atom is 0.333 e. The van der Waals surface area contributed by atoms with Crippen LogP contribution in [0, 0.1) is 5.92 Å². The first kappa shape index (κ1) is 21.2. The fraction of sp³-hybridized carbons (Fsp3) is 0.571. The van der Waals surface area contributed by atoms with Gasteiger partial charge in [-0.15, -0.1) is 0 Å². The van der Waals surface area contributed by atoms with Gasteiger partial charge < -0.3 is 9.32 Å². The lowest BCUT2D eigenvalue weighted by atomic mass is 10.1. The van der Waals surface area contributed by atoms with Crippen molar-refractivity contribution >= 4 is 29.5 Å². The number of hydrogen-bond donors (Lipinski definition) is 0. The summed E-state index contributed by atoms with van der Waals surface area (Å²) in [5.74, 6) is 1.63. The highest BCUT2D eigenvalue weighted by molar-refractivity contribution is 6.23. The number of rotatable bonds is 5. The van der Waals surface area contributed by atoms with E-state index < -0.39 is 6.04 Å². The topological polar surface area (TPSA) is 92.7 Å². The van der Waals surface area contributed by atoms with Crippen LogP contribution in [0.15, 0.2) is 27.8 Å². The van der Waals surface area contributed by atoms with Gasteiger partial charge in [-0.05, 0) is 23.0 Å². The van der Waals surface area contributed by atoms with E-state index >= 15 is 0 Å². The lowest BCUT2D eigenvalue weighted by Crippen LogP contribution is -2.61. The van der Waals surface area contributed by atoms with E-state index in [1.807, 2.05) is 4.58 Å². The van der Waals surface area contributed by atoms with Gasteiger partial charge in [0.1, 0.15) is 6.54 Å². The molecule has 0 N–H and O–H groups in total. The van der Waals surface area contributed by atoms with Crippen LogP contribution in [0.25, 0.3) is 0 Å². The van der Waals surface area contributed by atoms with Crippen LogP contribution in [0.4, 0.5) is 4.79 Å². The van der Waals surface area contributed by atoms with Crippen molar-refractivity contribution in [3.63, 3.8) is 0 Å². The molecule has 0 saturated carbocycles. The number of likely N-dealkylation sites (N-methyl/N-ethyl adjacent to an activating group) is 2. The van der Waals surface area contributed by atoms with Gasteiger partial charge in [-0.3, -0.25) is 24.3 Å². The molecule has 4 heterocycles. The Kier molecular flexibility index (Phi) is 5.65. The van der Waals surface area contributed by atoms with Crippen LogP contribution >= 0.6 is 0 Å². The summed E-state index contributed by atoms with van der Waals surface area (Å²) in [6, 6.07) is 2.46. The Morgan fingerprint density at radius 2 is 1.90 bits per heavy atom. The van der Waals surface area contributed by atoms with Gasteiger partial charge in [0, 0.05) is 40.3 Å². The third-order valence-corrected chi connectivity index (χ3v) is 5.93. The molecule has 0 aliphatic carbocycles. The quantitative estimate of drug-likeness (QED) is 0.632. The molecule has 0 radical (unpaired) electrons. The fourth-order valence-corrected chi connectivity index (χ4v) is 4.24. The van der Waals surface area contributed by atoms with Crippen molar-refractivity contribution in [3.8, 4) is 0 Å². The molecular formula is C21H29N6O4+. The Labute approximate surface area is 181 Å². The number of amides is 4. The van der Waals surface area contributed by atoms with E-state index in [0.717, 1.165) is 5.84 Å². The Hall–Kier alpha value is -3.01. The van der Waals surface area contributed by atoms with Crippen molar-refractivity contribution in [2.45, 2.75) is 19.9 Å². The summed E-state index contributed by atoms with van der Waals surface area (Å²) >= 11 is 0. The summed E-state index contributed by atoms with van der Waals surface area (Å²) in [7, 11) is 3.17. The van der Waals surface area contributed by atoms with Gasteiger partial charge in [-0.2, -0.15) is 0 Å². The molecule has 1 unspecified atom stereocenters. The first-order chi connectivity index (χ1) is 14.8. The van der Waals surface area contributed by atoms with Gasteiger partial charge >= 0.3 is 11.9 Å². The number of aliphatic imine (C=N–C) groups is 1. The molecule has 4 amide bonds. The average Bonchev–Trinajstić information content (AvgIpc) is 3.40. The fourth-order valence-electron chi connectivity index (χ4n) is 4.24. The summed E-state index contributed by atoms with van der Waals surface area (Å²) in [6.45, 7) is 8.02. The molecule has 10 nitrogen and oxygen atoms in total. The largest absolute Gasteiger partial charge is 0.459 e. The van der Waals surface area contributed by atoms with Gasteiger partial charge in [0.25, 0.3) is 23.7 Å². The second kappa shape index (κ2) is 8.26. The van der Waals surface area contributed by atoms with E-state index in [1.165, 1.54) is 23.1 Å². The molecule has 166 valence electrons. The molecule has 3 aliphatic heterocycles. The highest BCUT2D eigenvalue weighted by Crippen LogP contribution is 2.20. The molecule has 4 rings (SSSR count). The number of carbonyl (C=O) groups excluding carboxylic acids is 3. The second-order valence-corrected chi connectivity index (χ2v) is 8.62. The molecule has 31 heavy (non-hydrogen) atoms. The van der Waals surface area contributed by atoms with Crippen molar-refractivity contribution in [2.24, 2.45) is 10.9 Å². The molecule has 1 aromatic rings.